The van der Waals surface area contributed by atoms with Gasteiger partial charge in [0.05, 0.1) is 9.83 Å². The number of carboxylic acids is 1. The molecule has 0 aliphatic carbocycles. The lowest BCUT2D eigenvalue weighted by Gasteiger charge is -2.11. The van der Waals surface area contributed by atoms with Crippen LogP contribution in [0.5, 0.6) is 0 Å². The van der Waals surface area contributed by atoms with Crippen molar-refractivity contribution in [2.24, 2.45) is 0 Å². The van der Waals surface area contributed by atoms with Crippen LogP contribution in [0.4, 0.5) is 10.5 Å². The highest BCUT2D eigenvalue weighted by Gasteiger charge is 2.36. The van der Waals surface area contributed by atoms with E-state index < -0.39 is 41.0 Å². The molecule has 130 valence electrons. The van der Waals surface area contributed by atoms with Gasteiger partial charge in [0.25, 0.3) is 16.8 Å². The van der Waals surface area contributed by atoms with E-state index >= 15 is 0 Å². The van der Waals surface area contributed by atoms with Gasteiger partial charge < -0.3 is 10.4 Å². The molecule has 1 aromatic rings. The molecule has 1 saturated heterocycles. The topological polar surface area (TPSA) is 147 Å². The minimum atomic E-state index is -1.26. The molecule has 25 heavy (non-hydrogen) atoms. The summed E-state index contributed by atoms with van der Waals surface area (Å²) >= 11 is 0.590. The van der Waals surface area contributed by atoms with Gasteiger partial charge in [-0.1, -0.05) is 12.1 Å². The number of carboxylic acid groups (broad SMARTS) is 1. The van der Waals surface area contributed by atoms with Gasteiger partial charge in [-0.2, -0.15) is 0 Å². The number of hydrogen-bond donors (Lipinski definition) is 2. The molecular formula is C14H11N3O7S. The van der Waals surface area contributed by atoms with E-state index in [1.165, 1.54) is 30.3 Å². The Morgan fingerprint density at radius 1 is 1.36 bits per heavy atom. The lowest BCUT2D eigenvalue weighted by atomic mass is 10.2. The number of carbonyl (C=O) groups is 4. The van der Waals surface area contributed by atoms with Gasteiger partial charge in [-0.25, -0.2) is 0 Å². The van der Waals surface area contributed by atoms with Crippen LogP contribution in [0.2, 0.25) is 0 Å². The third-order valence-corrected chi connectivity index (χ3v) is 3.90. The number of aliphatic carboxylic acids is 1. The maximum absolute atomic E-state index is 12.2. The maximum atomic E-state index is 12.2. The number of nitrogens with zero attached hydrogens (tertiary/aromatic N) is 2. The fourth-order valence-corrected chi connectivity index (χ4v) is 2.73. The number of amides is 3. The van der Waals surface area contributed by atoms with E-state index in [-0.39, 0.29) is 10.6 Å². The van der Waals surface area contributed by atoms with Crippen molar-refractivity contribution < 1.29 is 29.2 Å². The zero-order valence-electron chi connectivity index (χ0n) is 12.5. The largest absolute Gasteiger partial charge is 0.480 e. The van der Waals surface area contributed by atoms with Crippen LogP contribution in [0.3, 0.4) is 0 Å². The van der Waals surface area contributed by atoms with Crippen molar-refractivity contribution in [1.82, 2.24) is 10.2 Å². The number of imide groups is 1. The number of carbonyl (C=O) groups excluding carboxylic acids is 3. The summed E-state index contributed by atoms with van der Waals surface area (Å²) in [6.07, 6.45) is 1.31. The fraction of sp³-hybridized carbons (Fsp3) is 0.143. The van der Waals surface area contributed by atoms with Crippen LogP contribution in [0.1, 0.15) is 5.56 Å². The minimum Gasteiger partial charge on any atom is -0.480 e. The van der Waals surface area contributed by atoms with E-state index in [0.717, 1.165) is 0 Å². The Balaban J connectivity index is 2.12. The summed E-state index contributed by atoms with van der Waals surface area (Å²) in [6.45, 7) is -1.23. The van der Waals surface area contributed by atoms with Gasteiger partial charge in [-0.3, -0.25) is 34.2 Å². The average molecular weight is 365 g/mol. The Hall–Kier alpha value is -3.21. The van der Waals surface area contributed by atoms with Crippen molar-refractivity contribution >= 4 is 46.5 Å². The normalized spacial score (nSPS) is 15.5. The van der Waals surface area contributed by atoms with Crippen LogP contribution in [0.25, 0.3) is 6.08 Å². The molecule has 11 heteroatoms. The third-order valence-electron chi connectivity index (χ3n) is 2.99. The fourth-order valence-electron chi connectivity index (χ4n) is 1.89. The van der Waals surface area contributed by atoms with Gasteiger partial charge >= 0.3 is 5.97 Å². The highest BCUT2D eigenvalue weighted by atomic mass is 32.2. The summed E-state index contributed by atoms with van der Waals surface area (Å²) in [5.74, 6) is -2.78. The molecule has 1 fully saturated rings. The lowest BCUT2D eigenvalue weighted by molar-refractivity contribution is -0.384. The Kier molecular flexibility index (Phi) is 5.49. The summed E-state index contributed by atoms with van der Waals surface area (Å²) in [5, 5.41) is 20.6. The molecule has 0 bridgehead atoms. The van der Waals surface area contributed by atoms with Gasteiger partial charge in [-0.15, -0.1) is 0 Å². The van der Waals surface area contributed by atoms with Crippen LogP contribution in [0.15, 0.2) is 29.2 Å². The summed E-state index contributed by atoms with van der Waals surface area (Å²) in [5.41, 5.74) is 0.191. The highest BCUT2D eigenvalue weighted by Crippen LogP contribution is 2.32. The van der Waals surface area contributed by atoms with Crippen molar-refractivity contribution in [2.75, 3.05) is 13.1 Å². The van der Waals surface area contributed by atoms with Crippen LogP contribution in [-0.2, 0) is 14.4 Å². The molecule has 2 rings (SSSR count). The minimum absolute atomic E-state index is 0.0107. The summed E-state index contributed by atoms with van der Waals surface area (Å²) in [6, 6.07) is 5.50. The molecule has 0 spiro atoms. The van der Waals surface area contributed by atoms with Crippen LogP contribution >= 0.6 is 11.8 Å². The second-order valence-electron chi connectivity index (χ2n) is 4.79. The predicted octanol–water partition coefficient (Wildman–Crippen LogP) is 0.832. The number of non-ortho nitro benzene ring substituents is 1. The number of nitrogens with one attached hydrogen (secondary N) is 1. The molecule has 3 amide bonds. The first-order chi connectivity index (χ1) is 11.8. The number of hydrogen-bond acceptors (Lipinski definition) is 7. The van der Waals surface area contributed by atoms with Crippen LogP contribution < -0.4 is 5.32 Å². The highest BCUT2D eigenvalue weighted by molar-refractivity contribution is 8.18. The first-order valence-corrected chi connectivity index (χ1v) is 7.58. The molecule has 0 unspecified atom stereocenters. The van der Waals surface area contributed by atoms with Gasteiger partial charge in [0.15, 0.2) is 0 Å². The van der Waals surface area contributed by atoms with E-state index in [1.54, 1.807) is 0 Å². The predicted molar refractivity (Wildman–Crippen MR) is 86.4 cm³/mol. The molecule has 0 aromatic heterocycles. The maximum Gasteiger partial charge on any atom is 0.322 e. The zero-order valence-corrected chi connectivity index (χ0v) is 13.3. The first-order valence-electron chi connectivity index (χ1n) is 6.76. The Bertz CT molecular complexity index is 805. The molecule has 1 aromatic carbocycles. The van der Waals surface area contributed by atoms with E-state index in [1.807, 2.05) is 5.32 Å². The SMILES string of the molecule is O=C(O)CNC(=O)CN1C(=O)S/C(=C\c2cccc([N+](=O)[O-])c2)C1=O. The Morgan fingerprint density at radius 3 is 2.72 bits per heavy atom. The molecule has 0 radical (unpaired) electrons. The van der Waals surface area contributed by atoms with Gasteiger partial charge in [-0.05, 0) is 23.4 Å². The average Bonchev–Trinajstić information content (AvgIpc) is 2.80. The van der Waals surface area contributed by atoms with Crippen molar-refractivity contribution in [3.63, 3.8) is 0 Å². The second kappa shape index (κ2) is 7.57. The lowest BCUT2D eigenvalue weighted by Crippen LogP contribution is -2.41. The number of nitro benzene ring substituents is 1. The summed E-state index contributed by atoms with van der Waals surface area (Å²) in [4.78, 5) is 56.8. The number of rotatable bonds is 6. The quantitative estimate of drug-likeness (QED) is 0.428. The first kappa shape index (κ1) is 18.1. The molecule has 1 aliphatic heterocycles. The van der Waals surface area contributed by atoms with Crippen molar-refractivity contribution in [2.45, 2.75) is 0 Å². The monoisotopic (exact) mass is 365 g/mol. The van der Waals surface area contributed by atoms with Crippen molar-refractivity contribution in [3.05, 3.63) is 44.8 Å². The van der Waals surface area contributed by atoms with Crippen LogP contribution in [-0.4, -0.2) is 51.0 Å². The molecule has 2 N–H and O–H groups in total. The van der Waals surface area contributed by atoms with Crippen molar-refractivity contribution in [1.29, 1.82) is 0 Å². The smallest absolute Gasteiger partial charge is 0.322 e. The molecule has 0 atom stereocenters. The second-order valence-corrected chi connectivity index (χ2v) is 5.78. The third kappa shape index (κ3) is 4.64. The number of thioether (sulfide) groups is 1. The van der Waals surface area contributed by atoms with Gasteiger partial charge in [0.2, 0.25) is 5.91 Å². The molecule has 0 saturated carbocycles. The number of nitro groups is 1. The van der Waals surface area contributed by atoms with Crippen LogP contribution in [0, 0.1) is 10.1 Å². The molecule has 10 nitrogen and oxygen atoms in total. The molecular weight excluding hydrogens is 354 g/mol. The standard InChI is InChI=1S/C14H11N3O7S/c18-11(15-6-12(19)20)7-16-13(21)10(25-14(16)22)5-8-2-1-3-9(4-8)17(23)24/h1-5H,6-7H2,(H,15,18)(H,19,20)/b10-5-. The van der Waals surface area contributed by atoms with Crippen molar-refractivity contribution in [3.8, 4) is 0 Å². The van der Waals surface area contributed by atoms with Gasteiger partial charge in [0.1, 0.15) is 13.1 Å². The summed E-state index contributed by atoms with van der Waals surface area (Å²) in [7, 11) is 0. The summed E-state index contributed by atoms with van der Waals surface area (Å²) < 4.78 is 0. The van der Waals surface area contributed by atoms with E-state index in [2.05, 4.69) is 0 Å². The van der Waals surface area contributed by atoms with E-state index in [4.69, 9.17) is 5.11 Å². The molecule has 1 aliphatic rings. The Morgan fingerprint density at radius 2 is 2.08 bits per heavy atom. The van der Waals surface area contributed by atoms with E-state index in [9.17, 15) is 29.3 Å². The Labute approximate surface area is 144 Å². The number of benzene rings is 1. The van der Waals surface area contributed by atoms with Gasteiger partial charge in [0, 0.05) is 12.1 Å². The van der Waals surface area contributed by atoms with E-state index in [0.29, 0.717) is 22.2 Å². The zero-order chi connectivity index (χ0) is 18.6. The molecule has 1 heterocycles.